The molecule has 1 unspecified atom stereocenters. The molecule has 1 saturated heterocycles. The zero-order valence-corrected chi connectivity index (χ0v) is 11.0. The minimum absolute atomic E-state index is 0.102. The third-order valence-corrected chi connectivity index (χ3v) is 2.91. The van der Waals surface area contributed by atoms with E-state index in [1.54, 1.807) is 7.11 Å². The second kappa shape index (κ2) is 5.71. The van der Waals surface area contributed by atoms with Crippen LogP contribution in [0, 0.1) is 0 Å². The fourth-order valence-electron chi connectivity index (χ4n) is 2.02. The summed E-state index contributed by atoms with van der Waals surface area (Å²) in [5.74, 6) is 0.377. The molecule has 1 atom stereocenters. The van der Waals surface area contributed by atoms with Crippen LogP contribution in [0.3, 0.4) is 0 Å². The van der Waals surface area contributed by atoms with Crippen molar-refractivity contribution >= 4 is 11.8 Å². The predicted molar refractivity (Wildman–Crippen MR) is 69.0 cm³/mol. The third-order valence-electron chi connectivity index (χ3n) is 2.91. The lowest BCUT2D eigenvalue weighted by molar-refractivity contribution is -0.147. The highest BCUT2D eigenvalue weighted by Crippen LogP contribution is 2.22. The first-order valence-corrected chi connectivity index (χ1v) is 6.08. The van der Waals surface area contributed by atoms with Gasteiger partial charge in [-0.2, -0.15) is 0 Å². The molecule has 0 aromatic heterocycles. The van der Waals surface area contributed by atoms with Crippen molar-refractivity contribution in [2.24, 2.45) is 0 Å². The van der Waals surface area contributed by atoms with E-state index in [0.717, 1.165) is 11.3 Å². The first-order chi connectivity index (χ1) is 9.11. The molecular formula is C13H17N3O3. The largest absolute Gasteiger partial charge is 0.497 e. The van der Waals surface area contributed by atoms with Gasteiger partial charge < -0.3 is 4.74 Å². The maximum Gasteiger partial charge on any atom is 0.244 e. The highest BCUT2D eigenvalue weighted by Gasteiger charge is 2.29. The maximum atomic E-state index is 11.9. The van der Waals surface area contributed by atoms with E-state index in [9.17, 15) is 9.59 Å². The number of methoxy groups -OCH3 is 1. The van der Waals surface area contributed by atoms with Gasteiger partial charge >= 0.3 is 0 Å². The van der Waals surface area contributed by atoms with Crippen molar-refractivity contribution in [2.45, 2.75) is 19.5 Å². The van der Waals surface area contributed by atoms with Gasteiger partial charge in [0.25, 0.3) is 0 Å². The topological polar surface area (TPSA) is 70.7 Å². The number of hydrazine groups is 1. The minimum Gasteiger partial charge on any atom is -0.497 e. The van der Waals surface area contributed by atoms with E-state index in [2.05, 4.69) is 10.7 Å². The number of benzene rings is 1. The predicted octanol–water partition coefficient (Wildman–Crippen LogP) is 0.567. The molecule has 2 rings (SSSR count). The first-order valence-electron chi connectivity index (χ1n) is 6.08. The molecule has 1 aliphatic heterocycles. The second-order valence-electron chi connectivity index (χ2n) is 4.31. The number of hydrogen-bond acceptors (Lipinski definition) is 4. The molecule has 0 bridgehead atoms. The monoisotopic (exact) mass is 263 g/mol. The standard InChI is InChI=1S/C13H17N3O3/c1-9(17)15-16-12(18)7-8-14-13(16)10-3-5-11(19-2)6-4-10/h3-6,13-14H,7-8H2,1-2H3,(H,15,17). The van der Waals surface area contributed by atoms with E-state index >= 15 is 0 Å². The van der Waals surface area contributed by atoms with E-state index in [0.29, 0.717) is 13.0 Å². The van der Waals surface area contributed by atoms with E-state index in [1.807, 2.05) is 24.3 Å². The Kier molecular flexibility index (Phi) is 4.01. The molecule has 1 aromatic carbocycles. The fourth-order valence-corrected chi connectivity index (χ4v) is 2.02. The number of ether oxygens (including phenoxy) is 1. The van der Waals surface area contributed by atoms with Gasteiger partial charge in [0.05, 0.1) is 7.11 Å². The molecule has 2 amide bonds. The highest BCUT2D eigenvalue weighted by atomic mass is 16.5. The number of rotatable bonds is 3. The van der Waals surface area contributed by atoms with Gasteiger partial charge in [-0.05, 0) is 17.7 Å². The average molecular weight is 263 g/mol. The van der Waals surface area contributed by atoms with Crippen LogP contribution < -0.4 is 15.5 Å². The van der Waals surface area contributed by atoms with Gasteiger partial charge in [0.15, 0.2) is 0 Å². The third kappa shape index (κ3) is 3.03. The molecule has 102 valence electrons. The molecule has 6 heteroatoms. The lowest BCUT2D eigenvalue weighted by Crippen LogP contribution is -2.55. The Hall–Kier alpha value is -2.08. The zero-order chi connectivity index (χ0) is 13.8. The van der Waals surface area contributed by atoms with Crippen LogP contribution in [0.1, 0.15) is 25.1 Å². The summed E-state index contributed by atoms with van der Waals surface area (Å²) in [5, 5.41) is 4.55. The molecule has 6 nitrogen and oxygen atoms in total. The summed E-state index contributed by atoms with van der Waals surface area (Å²) in [6.07, 6.45) is 0.0171. The number of amides is 2. The van der Waals surface area contributed by atoms with Crippen LogP contribution in [0.15, 0.2) is 24.3 Å². The van der Waals surface area contributed by atoms with Crippen LogP contribution in [-0.4, -0.2) is 30.5 Å². The molecule has 1 aromatic rings. The van der Waals surface area contributed by atoms with Crippen molar-refractivity contribution in [3.8, 4) is 5.75 Å². The average Bonchev–Trinajstić information content (AvgIpc) is 2.41. The Morgan fingerprint density at radius 2 is 2.11 bits per heavy atom. The molecule has 1 heterocycles. The second-order valence-corrected chi connectivity index (χ2v) is 4.31. The fraction of sp³-hybridized carbons (Fsp3) is 0.385. The Labute approximate surface area is 111 Å². The molecule has 1 fully saturated rings. The maximum absolute atomic E-state index is 11.9. The molecule has 1 aliphatic rings. The number of hydrogen-bond donors (Lipinski definition) is 2. The normalized spacial score (nSPS) is 19.2. The van der Waals surface area contributed by atoms with Crippen LogP contribution in [-0.2, 0) is 9.59 Å². The van der Waals surface area contributed by atoms with Crippen molar-refractivity contribution in [3.05, 3.63) is 29.8 Å². The molecule has 0 aliphatic carbocycles. The van der Waals surface area contributed by atoms with Crippen molar-refractivity contribution in [1.82, 2.24) is 15.8 Å². The lowest BCUT2D eigenvalue weighted by Gasteiger charge is -2.36. The van der Waals surface area contributed by atoms with Crippen LogP contribution in [0.5, 0.6) is 5.75 Å². The van der Waals surface area contributed by atoms with Crippen molar-refractivity contribution < 1.29 is 14.3 Å². The molecule has 0 radical (unpaired) electrons. The minimum atomic E-state index is -0.351. The van der Waals surface area contributed by atoms with Gasteiger partial charge in [0.2, 0.25) is 11.8 Å². The van der Waals surface area contributed by atoms with Gasteiger partial charge in [0.1, 0.15) is 11.9 Å². The van der Waals surface area contributed by atoms with Crippen molar-refractivity contribution in [3.63, 3.8) is 0 Å². The number of nitrogens with one attached hydrogen (secondary N) is 2. The Morgan fingerprint density at radius 1 is 1.42 bits per heavy atom. The smallest absolute Gasteiger partial charge is 0.244 e. The van der Waals surface area contributed by atoms with Crippen LogP contribution >= 0.6 is 0 Å². The van der Waals surface area contributed by atoms with Gasteiger partial charge in [-0.3, -0.25) is 20.3 Å². The van der Waals surface area contributed by atoms with Gasteiger partial charge in [-0.25, -0.2) is 5.01 Å². The lowest BCUT2D eigenvalue weighted by atomic mass is 10.1. The first kappa shape index (κ1) is 13.4. The highest BCUT2D eigenvalue weighted by molar-refractivity contribution is 5.82. The number of nitrogens with zero attached hydrogens (tertiary/aromatic N) is 1. The van der Waals surface area contributed by atoms with Crippen molar-refractivity contribution in [2.75, 3.05) is 13.7 Å². The van der Waals surface area contributed by atoms with Crippen LogP contribution in [0.2, 0.25) is 0 Å². The summed E-state index contributed by atoms with van der Waals surface area (Å²) in [6.45, 7) is 1.97. The molecule has 19 heavy (non-hydrogen) atoms. The van der Waals surface area contributed by atoms with Gasteiger partial charge in [-0.1, -0.05) is 12.1 Å². The number of carbonyl (C=O) groups is 2. The van der Waals surface area contributed by atoms with Crippen molar-refractivity contribution in [1.29, 1.82) is 0 Å². The van der Waals surface area contributed by atoms with E-state index in [-0.39, 0.29) is 18.0 Å². The summed E-state index contributed by atoms with van der Waals surface area (Å²) >= 11 is 0. The summed E-state index contributed by atoms with van der Waals surface area (Å²) in [6, 6.07) is 7.37. The van der Waals surface area contributed by atoms with E-state index < -0.39 is 0 Å². The SMILES string of the molecule is COc1ccc(C2NCCC(=O)N2NC(C)=O)cc1. The summed E-state index contributed by atoms with van der Waals surface area (Å²) in [5.41, 5.74) is 3.45. The van der Waals surface area contributed by atoms with Crippen LogP contribution in [0.4, 0.5) is 0 Å². The molecule has 0 saturated carbocycles. The van der Waals surface area contributed by atoms with Crippen LogP contribution in [0.25, 0.3) is 0 Å². The summed E-state index contributed by atoms with van der Waals surface area (Å²) in [7, 11) is 1.60. The Morgan fingerprint density at radius 3 is 2.68 bits per heavy atom. The number of carbonyl (C=O) groups excluding carboxylic acids is 2. The molecule has 2 N–H and O–H groups in total. The van der Waals surface area contributed by atoms with E-state index in [4.69, 9.17) is 4.74 Å². The zero-order valence-electron chi connectivity index (χ0n) is 11.0. The van der Waals surface area contributed by atoms with E-state index in [1.165, 1.54) is 11.9 Å². The molecule has 0 spiro atoms. The van der Waals surface area contributed by atoms with Gasteiger partial charge in [0, 0.05) is 19.9 Å². The van der Waals surface area contributed by atoms with Gasteiger partial charge in [-0.15, -0.1) is 0 Å². The summed E-state index contributed by atoms with van der Waals surface area (Å²) < 4.78 is 5.10. The summed E-state index contributed by atoms with van der Waals surface area (Å²) in [4.78, 5) is 23.1. The quantitative estimate of drug-likeness (QED) is 0.836. The Bertz CT molecular complexity index is 473. The molecular weight excluding hydrogens is 246 g/mol. The Balaban J connectivity index is 2.22.